The quantitative estimate of drug-likeness (QED) is 0.207. The lowest BCUT2D eigenvalue weighted by Gasteiger charge is -2.24. The number of nitrogens with zero attached hydrogens (tertiary/aromatic N) is 2. The molecule has 1 amide bonds. The molecule has 1 unspecified atom stereocenters. The summed E-state index contributed by atoms with van der Waals surface area (Å²) >= 11 is 0. The Morgan fingerprint density at radius 2 is 1.84 bits per heavy atom. The van der Waals surface area contributed by atoms with Gasteiger partial charge >= 0.3 is 0 Å². The summed E-state index contributed by atoms with van der Waals surface area (Å²) in [5, 5.41) is 32.6. The van der Waals surface area contributed by atoms with Crippen molar-refractivity contribution in [1.29, 1.82) is 0 Å². The molecule has 0 aliphatic carbocycles. The van der Waals surface area contributed by atoms with Crippen LogP contribution in [0, 0.1) is 24.0 Å². The van der Waals surface area contributed by atoms with Crippen molar-refractivity contribution in [3.05, 3.63) is 92.9 Å². The Bertz CT molecular complexity index is 1310. The zero-order chi connectivity index (χ0) is 23.2. The number of aliphatic hydroxyl groups is 1. The highest BCUT2D eigenvalue weighted by atomic mass is 16.6. The maximum atomic E-state index is 13.1. The largest absolute Gasteiger partial charge is 0.507 e. The number of furan rings is 1. The van der Waals surface area contributed by atoms with Crippen molar-refractivity contribution in [2.75, 3.05) is 4.90 Å². The fourth-order valence-electron chi connectivity index (χ4n) is 3.70. The zero-order valence-corrected chi connectivity index (χ0v) is 17.1. The molecule has 1 aliphatic rings. The number of phenolic OH excluding ortho intramolecular Hbond substituents is 1. The first-order valence-corrected chi connectivity index (χ1v) is 9.61. The second-order valence-corrected chi connectivity index (χ2v) is 7.42. The van der Waals surface area contributed by atoms with Gasteiger partial charge in [-0.1, -0.05) is 18.2 Å². The number of anilines is 1. The smallest absolute Gasteiger partial charge is 0.300 e. The van der Waals surface area contributed by atoms with Crippen LogP contribution in [-0.4, -0.2) is 26.8 Å². The molecule has 0 spiro atoms. The molecule has 2 aromatic carbocycles. The van der Waals surface area contributed by atoms with Gasteiger partial charge in [-0.05, 0) is 43.7 Å². The lowest BCUT2D eigenvalue weighted by atomic mass is 9.99. The van der Waals surface area contributed by atoms with Gasteiger partial charge in [0.15, 0.2) is 0 Å². The fraction of sp³-hybridized carbons (Fsp3) is 0.130. The molecular formula is C23H18N2O7. The van der Waals surface area contributed by atoms with E-state index in [1.165, 1.54) is 30.3 Å². The van der Waals surface area contributed by atoms with Crippen molar-refractivity contribution in [2.45, 2.75) is 19.9 Å². The number of non-ortho nitro benzene ring substituents is 1. The second kappa shape index (κ2) is 7.69. The molecule has 2 N–H and O–H groups in total. The van der Waals surface area contributed by atoms with Crippen LogP contribution < -0.4 is 4.90 Å². The molecule has 1 aliphatic heterocycles. The Balaban J connectivity index is 1.97. The van der Waals surface area contributed by atoms with E-state index in [1.54, 1.807) is 32.0 Å². The summed E-state index contributed by atoms with van der Waals surface area (Å²) in [7, 11) is 0. The standard InChI is InChI=1S/C23H18N2O7/c1-12-6-8-17(26)16(10-12)24-20(18-9-7-13(2)32-18)19(22(28)23(24)29)21(27)14-4-3-5-15(11-14)25(30)31/h3-11,20,26-27H,1-2H3/b21-19-. The van der Waals surface area contributed by atoms with E-state index >= 15 is 0 Å². The highest BCUT2D eigenvalue weighted by Crippen LogP contribution is 2.45. The van der Waals surface area contributed by atoms with Crippen molar-refractivity contribution in [3.63, 3.8) is 0 Å². The van der Waals surface area contributed by atoms with E-state index in [1.807, 2.05) is 0 Å². The molecule has 0 bridgehead atoms. The number of hydrogen-bond acceptors (Lipinski definition) is 7. The number of aryl methyl sites for hydroxylation is 2. The predicted octanol–water partition coefficient (Wildman–Crippen LogP) is 4.14. The summed E-state index contributed by atoms with van der Waals surface area (Å²) in [6.07, 6.45) is 0. The Morgan fingerprint density at radius 3 is 2.50 bits per heavy atom. The number of nitro groups is 1. The van der Waals surface area contributed by atoms with Gasteiger partial charge in [0.25, 0.3) is 17.4 Å². The first kappa shape index (κ1) is 20.9. The van der Waals surface area contributed by atoms with E-state index in [4.69, 9.17) is 4.42 Å². The topological polar surface area (TPSA) is 134 Å². The van der Waals surface area contributed by atoms with Gasteiger partial charge in [0, 0.05) is 17.7 Å². The molecule has 1 fully saturated rings. The van der Waals surface area contributed by atoms with Crippen LogP contribution in [0.1, 0.15) is 28.7 Å². The predicted molar refractivity (Wildman–Crippen MR) is 114 cm³/mol. The van der Waals surface area contributed by atoms with Crippen LogP contribution in [0.3, 0.4) is 0 Å². The van der Waals surface area contributed by atoms with Gasteiger partial charge < -0.3 is 14.6 Å². The van der Waals surface area contributed by atoms with E-state index in [9.17, 15) is 29.9 Å². The minimum Gasteiger partial charge on any atom is -0.507 e. The number of phenols is 1. The van der Waals surface area contributed by atoms with Crippen LogP contribution >= 0.6 is 0 Å². The van der Waals surface area contributed by atoms with Gasteiger partial charge in [-0.2, -0.15) is 0 Å². The minimum absolute atomic E-state index is 0.000979. The Morgan fingerprint density at radius 1 is 1.09 bits per heavy atom. The molecule has 0 saturated carbocycles. The monoisotopic (exact) mass is 434 g/mol. The summed E-state index contributed by atoms with van der Waals surface area (Å²) in [5.74, 6) is -2.10. The second-order valence-electron chi connectivity index (χ2n) is 7.42. The first-order chi connectivity index (χ1) is 15.2. The minimum atomic E-state index is -1.18. The van der Waals surface area contributed by atoms with E-state index in [2.05, 4.69) is 0 Å². The third kappa shape index (κ3) is 3.39. The zero-order valence-electron chi connectivity index (χ0n) is 17.1. The van der Waals surface area contributed by atoms with Crippen LogP contribution in [0.4, 0.5) is 11.4 Å². The van der Waals surface area contributed by atoms with Gasteiger partial charge in [0.2, 0.25) is 0 Å². The van der Waals surface area contributed by atoms with Crippen molar-refractivity contribution in [2.24, 2.45) is 0 Å². The van der Waals surface area contributed by atoms with E-state index in [0.29, 0.717) is 5.76 Å². The third-order valence-electron chi connectivity index (χ3n) is 5.20. The number of carbonyl (C=O) groups excluding carboxylic acids is 2. The number of carbonyl (C=O) groups is 2. The molecule has 32 heavy (non-hydrogen) atoms. The van der Waals surface area contributed by atoms with Crippen LogP contribution in [0.15, 0.2) is 64.6 Å². The molecule has 1 saturated heterocycles. The van der Waals surface area contributed by atoms with E-state index < -0.39 is 28.4 Å². The van der Waals surface area contributed by atoms with Crippen molar-refractivity contribution in [1.82, 2.24) is 0 Å². The molecule has 4 rings (SSSR count). The maximum Gasteiger partial charge on any atom is 0.300 e. The number of aliphatic hydroxyl groups excluding tert-OH is 1. The van der Waals surface area contributed by atoms with Crippen LogP contribution in [-0.2, 0) is 9.59 Å². The Labute approximate surface area is 182 Å². The van der Waals surface area contributed by atoms with Crippen LogP contribution in [0.25, 0.3) is 5.76 Å². The molecule has 162 valence electrons. The number of amides is 1. The molecule has 2 heterocycles. The normalized spacial score (nSPS) is 17.7. The van der Waals surface area contributed by atoms with Crippen LogP contribution in [0.5, 0.6) is 5.75 Å². The number of nitro benzene ring substituents is 1. The number of Topliss-reactive ketones (excluding diaryl/α,β-unsaturated/α-hetero) is 1. The molecule has 1 atom stereocenters. The summed E-state index contributed by atoms with van der Waals surface area (Å²) < 4.78 is 5.68. The lowest BCUT2D eigenvalue weighted by molar-refractivity contribution is -0.384. The summed E-state index contributed by atoms with van der Waals surface area (Å²) in [6, 6.07) is 11.7. The summed E-state index contributed by atoms with van der Waals surface area (Å²) in [6.45, 7) is 3.44. The van der Waals surface area contributed by atoms with Crippen LogP contribution in [0.2, 0.25) is 0 Å². The van der Waals surface area contributed by atoms with Gasteiger partial charge in [-0.3, -0.25) is 24.6 Å². The molecular weight excluding hydrogens is 416 g/mol. The highest BCUT2D eigenvalue weighted by Gasteiger charge is 2.49. The van der Waals surface area contributed by atoms with E-state index in [0.717, 1.165) is 16.5 Å². The first-order valence-electron chi connectivity index (χ1n) is 9.61. The Hall–Kier alpha value is -4.40. The summed E-state index contributed by atoms with van der Waals surface area (Å²) in [4.78, 5) is 37.7. The highest BCUT2D eigenvalue weighted by molar-refractivity contribution is 6.51. The van der Waals surface area contributed by atoms with Crippen molar-refractivity contribution >= 4 is 28.8 Å². The van der Waals surface area contributed by atoms with E-state index in [-0.39, 0.29) is 34.0 Å². The number of ketones is 1. The molecule has 9 nitrogen and oxygen atoms in total. The Kier molecular flexibility index (Phi) is 5.01. The number of hydrogen-bond donors (Lipinski definition) is 2. The lowest BCUT2D eigenvalue weighted by Crippen LogP contribution is -2.29. The van der Waals surface area contributed by atoms with Gasteiger partial charge in [0.1, 0.15) is 29.1 Å². The third-order valence-corrected chi connectivity index (χ3v) is 5.20. The molecule has 3 aromatic rings. The van der Waals surface area contributed by atoms with Gasteiger partial charge in [-0.15, -0.1) is 0 Å². The maximum absolute atomic E-state index is 13.1. The van der Waals surface area contributed by atoms with Gasteiger partial charge in [-0.25, -0.2) is 0 Å². The molecule has 1 aromatic heterocycles. The molecule has 9 heteroatoms. The number of rotatable bonds is 4. The SMILES string of the molecule is Cc1ccc(O)c(N2C(=O)C(=O)/C(=C(\O)c3cccc([N+](=O)[O-])c3)C2c2ccc(C)o2)c1. The van der Waals surface area contributed by atoms with Crippen molar-refractivity contribution < 1.29 is 29.1 Å². The average Bonchev–Trinajstić information content (AvgIpc) is 3.30. The van der Waals surface area contributed by atoms with Gasteiger partial charge in [0.05, 0.1) is 16.2 Å². The number of benzene rings is 2. The summed E-state index contributed by atoms with van der Waals surface area (Å²) in [5.41, 5.74) is 0.215. The number of aromatic hydroxyl groups is 1. The fourth-order valence-corrected chi connectivity index (χ4v) is 3.70. The van der Waals surface area contributed by atoms with Crippen molar-refractivity contribution in [3.8, 4) is 5.75 Å². The molecule has 0 radical (unpaired) electrons. The average molecular weight is 434 g/mol.